The van der Waals surface area contributed by atoms with E-state index in [1.54, 1.807) is 18.2 Å². The highest BCUT2D eigenvalue weighted by atomic mass is 35.5. The first-order valence-corrected chi connectivity index (χ1v) is 6.55. The van der Waals surface area contributed by atoms with Gasteiger partial charge in [-0.3, -0.25) is 0 Å². The molecule has 1 fully saturated rings. The van der Waals surface area contributed by atoms with E-state index >= 15 is 0 Å². The highest BCUT2D eigenvalue weighted by Crippen LogP contribution is 2.58. The summed E-state index contributed by atoms with van der Waals surface area (Å²) in [7, 11) is 0. The molecule has 2 aromatic carbocycles. The van der Waals surface area contributed by atoms with Gasteiger partial charge in [0.1, 0.15) is 29.2 Å². The Hall–Kier alpha value is -1.52. The maximum Gasteiger partial charge on any atom is 0.141 e. The topological polar surface area (TPSA) is 12.5 Å². The molecule has 1 saturated heterocycles. The predicted molar refractivity (Wildman–Crippen MR) is 69.0 cm³/mol. The second kappa shape index (κ2) is 4.79. The summed E-state index contributed by atoms with van der Waals surface area (Å²) in [6, 6.07) is 9.28. The predicted octanol–water partition coefficient (Wildman–Crippen LogP) is 4.31. The number of benzene rings is 2. The van der Waals surface area contributed by atoms with E-state index in [2.05, 4.69) is 0 Å². The van der Waals surface area contributed by atoms with Crippen LogP contribution in [-0.2, 0) is 10.3 Å². The van der Waals surface area contributed by atoms with Crippen LogP contribution in [-0.4, -0.2) is 5.88 Å². The quantitative estimate of drug-likeness (QED) is 0.607. The lowest BCUT2D eigenvalue weighted by Gasteiger charge is -2.11. The largest absolute Gasteiger partial charge is 0.354 e. The molecule has 0 aliphatic carbocycles. The van der Waals surface area contributed by atoms with Crippen LogP contribution in [0.5, 0.6) is 0 Å². The maximum atomic E-state index is 13.9. The molecule has 1 aliphatic heterocycles. The third-order valence-corrected chi connectivity index (χ3v) is 3.86. The summed E-state index contributed by atoms with van der Waals surface area (Å²) in [5, 5.41) is 0. The Kier molecular flexibility index (Phi) is 3.22. The van der Waals surface area contributed by atoms with Gasteiger partial charge >= 0.3 is 0 Å². The molecule has 3 rings (SSSR count). The number of ether oxygens (including phenoxy) is 1. The normalized spacial score (nSPS) is 24.7. The average molecular weight is 299 g/mol. The molecule has 2 unspecified atom stereocenters. The molecule has 20 heavy (non-hydrogen) atoms. The molecule has 0 amide bonds. The first-order chi connectivity index (χ1) is 9.58. The molecular weight excluding hydrogens is 289 g/mol. The molecule has 0 saturated carbocycles. The number of hydrogen-bond acceptors (Lipinski definition) is 1. The summed E-state index contributed by atoms with van der Waals surface area (Å²) in [6.07, 6.45) is -0.666. The smallest absolute Gasteiger partial charge is 0.141 e. The minimum Gasteiger partial charge on any atom is -0.354 e. The molecule has 2 aromatic rings. The van der Waals surface area contributed by atoms with E-state index in [9.17, 15) is 13.2 Å². The molecule has 104 valence electrons. The fraction of sp³-hybridized carbons (Fsp3) is 0.200. The lowest BCUT2D eigenvalue weighted by atomic mass is 9.92. The van der Waals surface area contributed by atoms with E-state index in [1.807, 2.05) is 0 Å². The van der Waals surface area contributed by atoms with Crippen LogP contribution in [0.4, 0.5) is 13.2 Å². The number of rotatable bonds is 3. The number of hydrogen-bond donors (Lipinski definition) is 0. The van der Waals surface area contributed by atoms with Gasteiger partial charge in [-0.25, -0.2) is 13.2 Å². The van der Waals surface area contributed by atoms with E-state index in [0.29, 0.717) is 5.56 Å². The Morgan fingerprint density at radius 2 is 1.80 bits per heavy atom. The van der Waals surface area contributed by atoms with Gasteiger partial charge in [0.25, 0.3) is 0 Å². The first kappa shape index (κ1) is 13.5. The van der Waals surface area contributed by atoms with Gasteiger partial charge in [-0.2, -0.15) is 0 Å². The van der Waals surface area contributed by atoms with E-state index in [4.69, 9.17) is 16.3 Å². The number of alkyl halides is 1. The molecule has 1 aliphatic rings. The highest BCUT2D eigenvalue weighted by molar-refractivity contribution is 6.18. The Balaban J connectivity index is 2.02. The molecule has 0 bridgehead atoms. The molecule has 1 heterocycles. The van der Waals surface area contributed by atoms with Gasteiger partial charge in [0.15, 0.2) is 0 Å². The Morgan fingerprint density at radius 1 is 1.05 bits per heavy atom. The van der Waals surface area contributed by atoms with Gasteiger partial charge < -0.3 is 4.74 Å². The Bertz CT molecular complexity index is 661. The lowest BCUT2D eigenvalue weighted by Crippen LogP contribution is -2.15. The van der Waals surface area contributed by atoms with E-state index in [1.165, 1.54) is 12.1 Å². The third-order valence-electron chi connectivity index (χ3n) is 3.47. The zero-order chi connectivity index (χ0) is 14.3. The van der Waals surface area contributed by atoms with Crippen LogP contribution in [0.1, 0.15) is 17.2 Å². The minimum absolute atomic E-state index is 0.0471. The summed E-state index contributed by atoms with van der Waals surface area (Å²) in [6.45, 7) is 0. The van der Waals surface area contributed by atoms with Gasteiger partial charge in [-0.05, 0) is 12.1 Å². The van der Waals surface area contributed by atoms with Gasteiger partial charge in [-0.15, -0.1) is 11.6 Å². The van der Waals surface area contributed by atoms with Crippen LogP contribution in [0.25, 0.3) is 0 Å². The SMILES string of the molecule is Fc1ccc(C2(CCl)OC2c2ccccc2F)c(F)c1. The lowest BCUT2D eigenvalue weighted by molar-refractivity contribution is 0.308. The van der Waals surface area contributed by atoms with E-state index < -0.39 is 29.2 Å². The van der Waals surface area contributed by atoms with Gasteiger partial charge in [-0.1, -0.05) is 24.3 Å². The maximum absolute atomic E-state index is 13.9. The van der Waals surface area contributed by atoms with Crippen molar-refractivity contribution in [3.63, 3.8) is 0 Å². The van der Waals surface area contributed by atoms with Gasteiger partial charge in [0.05, 0.1) is 5.88 Å². The monoisotopic (exact) mass is 298 g/mol. The van der Waals surface area contributed by atoms with Crippen LogP contribution in [0.15, 0.2) is 42.5 Å². The Labute approximate surface area is 118 Å². The van der Waals surface area contributed by atoms with Crippen molar-refractivity contribution < 1.29 is 17.9 Å². The van der Waals surface area contributed by atoms with Crippen molar-refractivity contribution in [1.29, 1.82) is 0 Å². The summed E-state index contributed by atoms with van der Waals surface area (Å²) in [5.74, 6) is -1.91. The van der Waals surface area contributed by atoms with Crippen LogP contribution in [0.3, 0.4) is 0 Å². The van der Waals surface area contributed by atoms with Crippen LogP contribution in [0, 0.1) is 17.5 Å². The molecular formula is C15H10ClF3O. The molecule has 2 atom stereocenters. The number of halogens is 4. The third kappa shape index (κ3) is 2.00. The molecule has 0 spiro atoms. The Morgan fingerprint density at radius 3 is 2.45 bits per heavy atom. The van der Waals surface area contributed by atoms with Crippen molar-refractivity contribution in [3.05, 3.63) is 71.0 Å². The second-order valence-electron chi connectivity index (χ2n) is 4.67. The average Bonchev–Trinajstić information content (AvgIpc) is 3.15. The van der Waals surface area contributed by atoms with Crippen molar-refractivity contribution in [2.75, 3.05) is 5.88 Å². The fourth-order valence-electron chi connectivity index (χ4n) is 2.39. The molecule has 5 heteroatoms. The van der Waals surface area contributed by atoms with Crippen molar-refractivity contribution in [2.24, 2.45) is 0 Å². The number of epoxide rings is 1. The molecule has 0 radical (unpaired) electrons. The minimum atomic E-state index is -1.14. The molecule has 0 aromatic heterocycles. The zero-order valence-electron chi connectivity index (χ0n) is 10.2. The van der Waals surface area contributed by atoms with Crippen molar-refractivity contribution in [1.82, 2.24) is 0 Å². The van der Waals surface area contributed by atoms with Crippen LogP contribution in [0.2, 0.25) is 0 Å². The standard InChI is InChI=1S/C15H10ClF3O/c16-8-15(11-6-5-9(17)7-13(11)19)14(20-15)10-3-1-2-4-12(10)18/h1-7,14H,8H2. The van der Waals surface area contributed by atoms with Crippen LogP contribution >= 0.6 is 11.6 Å². The molecule has 1 nitrogen and oxygen atoms in total. The van der Waals surface area contributed by atoms with E-state index in [-0.39, 0.29) is 11.4 Å². The van der Waals surface area contributed by atoms with Crippen molar-refractivity contribution in [2.45, 2.75) is 11.7 Å². The van der Waals surface area contributed by atoms with Gasteiger partial charge in [0.2, 0.25) is 0 Å². The van der Waals surface area contributed by atoms with Crippen molar-refractivity contribution >= 4 is 11.6 Å². The second-order valence-corrected chi connectivity index (χ2v) is 4.93. The summed E-state index contributed by atoms with van der Waals surface area (Å²) in [5.41, 5.74) is -0.680. The summed E-state index contributed by atoms with van der Waals surface area (Å²) < 4.78 is 46.1. The highest BCUT2D eigenvalue weighted by Gasteiger charge is 2.60. The first-order valence-electron chi connectivity index (χ1n) is 6.02. The van der Waals surface area contributed by atoms with Crippen molar-refractivity contribution in [3.8, 4) is 0 Å². The van der Waals surface area contributed by atoms with Crippen LogP contribution < -0.4 is 0 Å². The van der Waals surface area contributed by atoms with Gasteiger partial charge in [0, 0.05) is 17.2 Å². The zero-order valence-corrected chi connectivity index (χ0v) is 11.0. The van der Waals surface area contributed by atoms with E-state index in [0.717, 1.165) is 12.1 Å². The fourth-order valence-corrected chi connectivity index (χ4v) is 2.74. The summed E-state index contributed by atoms with van der Waals surface area (Å²) >= 11 is 5.89. The molecule has 0 N–H and O–H groups in total. The summed E-state index contributed by atoms with van der Waals surface area (Å²) in [4.78, 5) is 0.